The zero-order valence-corrected chi connectivity index (χ0v) is 8.13. The van der Waals surface area contributed by atoms with Gasteiger partial charge in [0.05, 0.1) is 5.60 Å². The largest absolute Gasteiger partial charge is 0.390 e. The quantitative estimate of drug-likeness (QED) is 0.710. The monoisotopic (exact) mass is 183 g/mol. The van der Waals surface area contributed by atoms with Gasteiger partial charge in [0, 0.05) is 17.7 Å². The van der Waals surface area contributed by atoms with Crippen molar-refractivity contribution < 1.29 is 9.50 Å². The Bertz CT molecular complexity index is 304. The molecular formula is C10H14FNO. The maximum atomic E-state index is 13.2. The van der Waals surface area contributed by atoms with E-state index in [0.717, 1.165) is 0 Å². The molecule has 0 saturated heterocycles. The molecule has 2 nitrogen and oxygen atoms in total. The topological polar surface area (TPSA) is 33.1 Å². The summed E-state index contributed by atoms with van der Waals surface area (Å²) < 4.78 is 13.2. The number of pyridine rings is 1. The first kappa shape index (κ1) is 10.1. The molecule has 0 bridgehead atoms. The first-order chi connectivity index (χ1) is 5.88. The molecule has 0 saturated carbocycles. The predicted octanol–water partition coefficient (Wildman–Crippen LogP) is 1.84. The Morgan fingerprint density at radius 2 is 2.08 bits per heavy atom. The van der Waals surface area contributed by atoms with Crippen molar-refractivity contribution in [1.82, 2.24) is 4.98 Å². The van der Waals surface area contributed by atoms with Gasteiger partial charge < -0.3 is 5.11 Å². The lowest BCUT2D eigenvalue weighted by molar-refractivity contribution is 0.0798. The molecule has 1 N–H and O–H groups in total. The Labute approximate surface area is 77.4 Å². The summed E-state index contributed by atoms with van der Waals surface area (Å²) >= 11 is 0. The maximum Gasteiger partial charge on any atom is 0.216 e. The van der Waals surface area contributed by atoms with Crippen molar-refractivity contribution in [2.24, 2.45) is 0 Å². The highest BCUT2D eigenvalue weighted by molar-refractivity contribution is 5.16. The van der Waals surface area contributed by atoms with Gasteiger partial charge in [-0.2, -0.15) is 4.39 Å². The fraction of sp³-hybridized carbons (Fsp3) is 0.500. The summed E-state index contributed by atoms with van der Waals surface area (Å²) in [4.78, 5) is 3.68. The molecule has 0 amide bonds. The van der Waals surface area contributed by atoms with Crippen LogP contribution in [0.5, 0.6) is 0 Å². The summed E-state index contributed by atoms with van der Waals surface area (Å²) in [6.07, 6.45) is 0.284. The predicted molar refractivity (Wildman–Crippen MR) is 48.9 cm³/mol. The van der Waals surface area contributed by atoms with Crippen molar-refractivity contribution in [1.29, 1.82) is 0 Å². The Balaban J connectivity index is 2.90. The van der Waals surface area contributed by atoms with Crippen LogP contribution >= 0.6 is 0 Å². The SMILES string of the molecule is Cc1ccc(CC(C)(C)O)c(F)n1. The number of halogens is 1. The Morgan fingerprint density at radius 3 is 2.54 bits per heavy atom. The van der Waals surface area contributed by atoms with E-state index >= 15 is 0 Å². The highest BCUT2D eigenvalue weighted by atomic mass is 19.1. The van der Waals surface area contributed by atoms with Crippen LogP contribution in [0.15, 0.2) is 12.1 Å². The van der Waals surface area contributed by atoms with E-state index in [-0.39, 0.29) is 6.42 Å². The summed E-state index contributed by atoms with van der Waals surface area (Å²) in [6.45, 7) is 5.02. The lowest BCUT2D eigenvalue weighted by Crippen LogP contribution is -2.22. The second-order valence-electron chi connectivity index (χ2n) is 3.89. The molecule has 0 aromatic carbocycles. The molecule has 0 aliphatic carbocycles. The zero-order chi connectivity index (χ0) is 10.1. The van der Waals surface area contributed by atoms with Crippen LogP contribution in [0, 0.1) is 12.9 Å². The fourth-order valence-electron chi connectivity index (χ4n) is 1.15. The molecule has 1 aromatic rings. The number of nitrogens with zero attached hydrogens (tertiary/aromatic N) is 1. The average Bonchev–Trinajstić information content (AvgIpc) is 1.93. The minimum absolute atomic E-state index is 0.284. The highest BCUT2D eigenvalue weighted by Gasteiger charge is 2.16. The van der Waals surface area contributed by atoms with Crippen molar-refractivity contribution >= 4 is 0 Å². The van der Waals surface area contributed by atoms with Gasteiger partial charge in [0.25, 0.3) is 0 Å². The zero-order valence-electron chi connectivity index (χ0n) is 8.13. The summed E-state index contributed by atoms with van der Waals surface area (Å²) in [5, 5.41) is 9.47. The molecule has 1 rings (SSSR count). The number of hydrogen-bond donors (Lipinski definition) is 1. The summed E-state index contributed by atoms with van der Waals surface area (Å²) in [7, 11) is 0. The number of hydrogen-bond acceptors (Lipinski definition) is 2. The first-order valence-corrected chi connectivity index (χ1v) is 4.23. The van der Waals surface area contributed by atoms with Crippen molar-refractivity contribution in [3.63, 3.8) is 0 Å². The number of aliphatic hydroxyl groups is 1. The standard InChI is InChI=1S/C10H14FNO/c1-7-4-5-8(9(11)12-7)6-10(2,3)13/h4-5,13H,6H2,1-3H3. The molecule has 0 unspecified atom stereocenters. The number of rotatable bonds is 2. The lowest BCUT2D eigenvalue weighted by Gasteiger charge is -2.16. The molecule has 0 radical (unpaired) electrons. The molecular weight excluding hydrogens is 169 g/mol. The molecule has 0 aliphatic heterocycles. The lowest BCUT2D eigenvalue weighted by atomic mass is 10.00. The fourth-order valence-corrected chi connectivity index (χ4v) is 1.15. The minimum Gasteiger partial charge on any atom is -0.390 e. The molecule has 1 heterocycles. The van der Waals surface area contributed by atoms with Crippen LogP contribution in [-0.2, 0) is 6.42 Å². The van der Waals surface area contributed by atoms with E-state index in [2.05, 4.69) is 4.98 Å². The summed E-state index contributed by atoms with van der Waals surface area (Å²) in [5.74, 6) is -0.484. The van der Waals surface area contributed by atoms with Gasteiger partial charge in [-0.1, -0.05) is 6.07 Å². The average molecular weight is 183 g/mol. The third kappa shape index (κ3) is 3.11. The highest BCUT2D eigenvalue weighted by Crippen LogP contribution is 2.14. The molecule has 0 aliphatic rings. The van der Waals surface area contributed by atoms with Crippen LogP contribution in [0.25, 0.3) is 0 Å². The first-order valence-electron chi connectivity index (χ1n) is 4.23. The van der Waals surface area contributed by atoms with E-state index in [4.69, 9.17) is 0 Å². The van der Waals surface area contributed by atoms with E-state index in [1.807, 2.05) is 0 Å². The van der Waals surface area contributed by atoms with Gasteiger partial charge in [-0.3, -0.25) is 0 Å². The third-order valence-electron chi connectivity index (χ3n) is 1.69. The van der Waals surface area contributed by atoms with Crippen LogP contribution < -0.4 is 0 Å². The van der Waals surface area contributed by atoms with Crippen LogP contribution in [0.1, 0.15) is 25.1 Å². The maximum absolute atomic E-state index is 13.2. The van der Waals surface area contributed by atoms with Gasteiger partial charge in [0.2, 0.25) is 5.95 Å². The van der Waals surface area contributed by atoms with Crippen LogP contribution in [0.3, 0.4) is 0 Å². The van der Waals surface area contributed by atoms with Crippen LogP contribution in [-0.4, -0.2) is 15.7 Å². The Morgan fingerprint density at radius 1 is 1.46 bits per heavy atom. The normalized spacial score (nSPS) is 11.8. The number of aromatic nitrogens is 1. The number of aryl methyl sites for hydroxylation is 1. The van der Waals surface area contributed by atoms with Gasteiger partial charge in [0.1, 0.15) is 0 Å². The van der Waals surface area contributed by atoms with Gasteiger partial charge in [0.15, 0.2) is 0 Å². The second kappa shape index (κ2) is 3.42. The van der Waals surface area contributed by atoms with E-state index in [1.54, 1.807) is 32.9 Å². The van der Waals surface area contributed by atoms with Crippen molar-refractivity contribution in [3.05, 3.63) is 29.3 Å². The summed E-state index contributed by atoms with van der Waals surface area (Å²) in [6, 6.07) is 3.40. The van der Waals surface area contributed by atoms with E-state index in [1.165, 1.54) is 0 Å². The van der Waals surface area contributed by atoms with Gasteiger partial charge in [-0.25, -0.2) is 4.98 Å². The van der Waals surface area contributed by atoms with Crippen LogP contribution in [0.4, 0.5) is 4.39 Å². The molecule has 0 fully saturated rings. The van der Waals surface area contributed by atoms with Gasteiger partial charge in [-0.05, 0) is 26.8 Å². The van der Waals surface area contributed by atoms with Gasteiger partial charge >= 0.3 is 0 Å². The van der Waals surface area contributed by atoms with Crippen LogP contribution in [0.2, 0.25) is 0 Å². The molecule has 0 atom stereocenters. The van der Waals surface area contributed by atoms with E-state index in [0.29, 0.717) is 11.3 Å². The third-order valence-corrected chi connectivity index (χ3v) is 1.69. The Kier molecular flexibility index (Phi) is 2.66. The molecule has 0 spiro atoms. The van der Waals surface area contributed by atoms with E-state index < -0.39 is 11.5 Å². The molecule has 72 valence electrons. The minimum atomic E-state index is -0.891. The van der Waals surface area contributed by atoms with Crippen molar-refractivity contribution in [3.8, 4) is 0 Å². The molecule has 3 heteroatoms. The van der Waals surface area contributed by atoms with Crippen molar-refractivity contribution in [2.45, 2.75) is 32.8 Å². The molecule has 13 heavy (non-hydrogen) atoms. The molecule has 1 aromatic heterocycles. The Hall–Kier alpha value is -0.960. The second-order valence-corrected chi connectivity index (χ2v) is 3.89. The van der Waals surface area contributed by atoms with E-state index in [9.17, 15) is 9.50 Å². The summed E-state index contributed by atoms with van der Waals surface area (Å²) in [5.41, 5.74) is 0.215. The smallest absolute Gasteiger partial charge is 0.216 e. The van der Waals surface area contributed by atoms with Gasteiger partial charge in [-0.15, -0.1) is 0 Å². The van der Waals surface area contributed by atoms with Crippen molar-refractivity contribution in [2.75, 3.05) is 0 Å².